The lowest BCUT2D eigenvalue weighted by atomic mass is 9.77. The second-order valence-electron chi connectivity index (χ2n) is 10.4. The Morgan fingerprint density at radius 3 is 2.50 bits per heavy atom. The molecule has 12 heteroatoms. The van der Waals surface area contributed by atoms with E-state index in [0.717, 1.165) is 13.0 Å². The number of halogens is 5. The number of carbonyl (C=O) groups is 1. The van der Waals surface area contributed by atoms with Crippen LogP contribution in [0.2, 0.25) is 0 Å². The molecule has 1 saturated heterocycles. The average molecular weight is 549 g/mol. The van der Waals surface area contributed by atoms with Crippen molar-refractivity contribution in [2.75, 3.05) is 18.9 Å². The van der Waals surface area contributed by atoms with Gasteiger partial charge in [-0.1, -0.05) is 13.0 Å². The van der Waals surface area contributed by atoms with E-state index in [1.54, 1.807) is 0 Å². The van der Waals surface area contributed by atoms with Crippen molar-refractivity contribution in [1.82, 2.24) is 10.3 Å². The van der Waals surface area contributed by atoms with Crippen LogP contribution in [0.3, 0.4) is 0 Å². The Kier molecular flexibility index (Phi) is 7.19. The summed E-state index contributed by atoms with van der Waals surface area (Å²) in [4.78, 5) is 17.4. The van der Waals surface area contributed by atoms with Crippen molar-refractivity contribution in [2.45, 2.75) is 70.1 Å². The zero-order valence-electron chi connectivity index (χ0n) is 24.4. The number of benzene rings is 1. The number of ether oxygens (including phenoxy) is 2. The highest BCUT2D eigenvalue weighted by Gasteiger charge is 2.65. The number of rotatable bonds is 7. The second-order valence-corrected chi connectivity index (χ2v) is 10.4. The Labute approximate surface area is 222 Å². The number of aliphatic hydroxyl groups is 1. The van der Waals surface area contributed by atoms with E-state index in [-0.39, 0.29) is 23.5 Å². The maximum atomic E-state index is 14.8. The van der Waals surface area contributed by atoms with Crippen LogP contribution in [-0.4, -0.2) is 53.0 Å². The average Bonchev–Trinajstić information content (AvgIpc) is 3.12. The van der Waals surface area contributed by atoms with Gasteiger partial charge in [-0.15, -0.1) is 0 Å². The maximum absolute atomic E-state index is 14.8. The molecule has 1 fully saturated rings. The molecule has 1 aromatic carbocycles. The van der Waals surface area contributed by atoms with E-state index >= 15 is 0 Å². The Morgan fingerprint density at radius 1 is 1.26 bits per heavy atom. The van der Waals surface area contributed by atoms with Crippen LogP contribution in [0.1, 0.15) is 62.0 Å². The number of pyridine rings is 1. The standard InChI is InChI=1S/C26H32F5N3O4/c1-13-19(15-8-9-16(27)20(28)21(15)37-6)22(38-25(13,5)26(29,30)31)23(36)34-14-7-10-17(32-11-14)18(35)12-33-24(2,3)4/h7-11,13,18-19,22,33,35H,12H2,1-6H3,(H,34,36)/t13-,18+,19-,22+,25+/m0/s1/i6D3. The number of nitrogens with one attached hydrogen (secondary N) is 2. The van der Waals surface area contributed by atoms with Gasteiger partial charge in [0.25, 0.3) is 5.91 Å². The Bertz CT molecular complexity index is 1260. The maximum Gasteiger partial charge on any atom is 0.417 e. The van der Waals surface area contributed by atoms with Crippen LogP contribution in [0.5, 0.6) is 5.75 Å². The Hall–Kier alpha value is -2.83. The number of alkyl halides is 3. The predicted molar refractivity (Wildman–Crippen MR) is 130 cm³/mol. The van der Waals surface area contributed by atoms with E-state index in [4.69, 9.17) is 8.85 Å². The van der Waals surface area contributed by atoms with Gasteiger partial charge in [0.2, 0.25) is 5.82 Å². The summed E-state index contributed by atoms with van der Waals surface area (Å²) < 4.78 is 103. The summed E-state index contributed by atoms with van der Waals surface area (Å²) in [6.07, 6.45) is -6.73. The van der Waals surface area contributed by atoms with Crippen molar-refractivity contribution < 1.29 is 45.4 Å². The molecule has 3 N–H and O–H groups in total. The molecular weight excluding hydrogens is 513 g/mol. The van der Waals surface area contributed by atoms with Gasteiger partial charge < -0.3 is 25.2 Å². The zero-order valence-corrected chi connectivity index (χ0v) is 21.4. The van der Waals surface area contributed by atoms with E-state index in [1.807, 2.05) is 20.8 Å². The van der Waals surface area contributed by atoms with Gasteiger partial charge >= 0.3 is 6.18 Å². The molecule has 0 saturated carbocycles. The number of β-amino-alcohol motifs (C(OH)–C–C–N with tert-alkyl or cyclic N) is 1. The first-order valence-corrected chi connectivity index (χ1v) is 11.8. The van der Waals surface area contributed by atoms with E-state index in [2.05, 4.69) is 20.4 Å². The molecule has 2 heterocycles. The minimum Gasteiger partial charge on any atom is -0.493 e. The van der Waals surface area contributed by atoms with Gasteiger partial charge in [-0.05, 0) is 45.9 Å². The van der Waals surface area contributed by atoms with Gasteiger partial charge in [-0.3, -0.25) is 9.78 Å². The number of nitrogens with zero attached hydrogens (tertiary/aromatic N) is 1. The number of methoxy groups -OCH3 is 1. The third-order valence-electron chi connectivity index (χ3n) is 6.69. The highest BCUT2D eigenvalue weighted by Crippen LogP contribution is 2.55. The highest BCUT2D eigenvalue weighted by atomic mass is 19.4. The quantitative estimate of drug-likeness (QED) is 0.428. The van der Waals surface area contributed by atoms with Crippen molar-refractivity contribution in [3.63, 3.8) is 0 Å². The summed E-state index contributed by atoms with van der Waals surface area (Å²) in [7, 11) is -3.28. The van der Waals surface area contributed by atoms with Crippen LogP contribution >= 0.6 is 0 Å². The van der Waals surface area contributed by atoms with Crippen LogP contribution in [0.25, 0.3) is 0 Å². The van der Waals surface area contributed by atoms with Gasteiger partial charge in [-0.25, -0.2) is 4.39 Å². The Balaban J connectivity index is 1.96. The fourth-order valence-electron chi connectivity index (χ4n) is 4.33. The van der Waals surface area contributed by atoms with Crippen LogP contribution in [0, 0.1) is 17.6 Å². The minimum absolute atomic E-state index is 0.0506. The van der Waals surface area contributed by atoms with Crippen molar-refractivity contribution in [1.29, 1.82) is 0 Å². The van der Waals surface area contributed by atoms with Crippen molar-refractivity contribution >= 4 is 11.6 Å². The summed E-state index contributed by atoms with van der Waals surface area (Å²) in [5, 5.41) is 15.9. The van der Waals surface area contributed by atoms with E-state index in [9.17, 15) is 31.9 Å². The number of hydrogen-bond donors (Lipinski definition) is 3. The lowest BCUT2D eigenvalue weighted by Gasteiger charge is -2.32. The number of carbonyl (C=O) groups excluding carboxylic acids is 1. The van der Waals surface area contributed by atoms with Crippen LogP contribution in [-0.2, 0) is 9.53 Å². The minimum atomic E-state index is -5.00. The van der Waals surface area contributed by atoms with E-state index in [1.165, 1.54) is 18.3 Å². The third kappa shape index (κ3) is 5.92. The van der Waals surface area contributed by atoms with Gasteiger partial charge in [0, 0.05) is 29.5 Å². The fraction of sp³-hybridized carbons (Fsp3) is 0.538. The normalized spacial score (nSPS) is 26.3. The smallest absolute Gasteiger partial charge is 0.417 e. The molecule has 0 spiro atoms. The number of amides is 1. The van der Waals surface area contributed by atoms with Crippen molar-refractivity contribution in [3.8, 4) is 5.75 Å². The third-order valence-corrected chi connectivity index (χ3v) is 6.69. The number of anilines is 1. The molecular formula is C26H32F5N3O4. The molecule has 1 aliphatic heterocycles. The summed E-state index contributed by atoms with van der Waals surface area (Å²) in [6, 6.07) is 4.26. The first-order valence-electron chi connectivity index (χ1n) is 13.3. The lowest BCUT2D eigenvalue weighted by molar-refractivity contribution is -0.272. The molecule has 1 amide bonds. The van der Waals surface area contributed by atoms with E-state index in [0.29, 0.717) is 13.0 Å². The predicted octanol–water partition coefficient (Wildman–Crippen LogP) is 4.87. The van der Waals surface area contributed by atoms with Crippen LogP contribution in [0.15, 0.2) is 30.5 Å². The first kappa shape index (κ1) is 25.4. The zero-order chi connectivity index (χ0) is 31.1. The van der Waals surface area contributed by atoms with Crippen molar-refractivity contribution in [3.05, 3.63) is 53.4 Å². The van der Waals surface area contributed by atoms with Crippen molar-refractivity contribution in [2.24, 2.45) is 5.92 Å². The molecule has 38 heavy (non-hydrogen) atoms. The number of hydrogen-bond acceptors (Lipinski definition) is 6. The van der Waals surface area contributed by atoms with Gasteiger partial charge in [0.05, 0.1) is 28.7 Å². The summed E-state index contributed by atoms with van der Waals surface area (Å²) in [5.41, 5.74) is -3.36. The molecule has 0 bridgehead atoms. The number of aromatic nitrogens is 1. The first-order chi connectivity index (χ1) is 18.6. The topological polar surface area (TPSA) is 92.7 Å². The molecule has 1 aliphatic rings. The van der Waals surface area contributed by atoms with Gasteiger partial charge in [0.1, 0.15) is 12.2 Å². The molecule has 0 aliphatic carbocycles. The summed E-state index contributed by atoms with van der Waals surface area (Å²) in [6.45, 7) is 7.73. The highest BCUT2D eigenvalue weighted by molar-refractivity contribution is 5.95. The molecule has 2 aromatic rings. The lowest BCUT2D eigenvalue weighted by Crippen LogP contribution is -2.47. The largest absolute Gasteiger partial charge is 0.493 e. The van der Waals surface area contributed by atoms with Crippen LogP contribution < -0.4 is 15.4 Å². The monoisotopic (exact) mass is 548 g/mol. The summed E-state index contributed by atoms with van der Waals surface area (Å²) in [5.74, 6) is -8.63. The van der Waals surface area contributed by atoms with Gasteiger partial charge in [0.15, 0.2) is 17.2 Å². The Morgan fingerprint density at radius 2 is 1.95 bits per heavy atom. The van der Waals surface area contributed by atoms with E-state index < -0.39 is 71.7 Å². The number of aliphatic hydroxyl groups excluding tert-OH is 1. The second kappa shape index (κ2) is 10.7. The molecule has 0 unspecified atom stereocenters. The van der Waals surface area contributed by atoms with Gasteiger partial charge in [-0.2, -0.15) is 17.6 Å². The molecule has 5 atom stereocenters. The molecule has 7 nitrogen and oxygen atoms in total. The fourth-order valence-corrected chi connectivity index (χ4v) is 4.33. The van der Waals surface area contributed by atoms with Crippen LogP contribution in [0.4, 0.5) is 27.6 Å². The molecule has 1 aromatic heterocycles. The summed E-state index contributed by atoms with van der Waals surface area (Å²) >= 11 is 0. The molecule has 0 radical (unpaired) electrons. The molecule has 3 rings (SSSR count). The molecule has 210 valence electrons. The SMILES string of the molecule is [2H]C([2H])([2H])Oc1c([C@H]2[C@H](C(=O)Nc3ccc([C@H](O)CNC(C)(C)C)nc3)O[C@@](C)(C(F)(F)F)[C@H]2C)ccc(F)c1F.